The van der Waals surface area contributed by atoms with E-state index >= 15 is 0 Å². The molecule has 13 heteroatoms. The van der Waals surface area contributed by atoms with Crippen LogP contribution in [0.2, 0.25) is 0 Å². The zero-order chi connectivity index (χ0) is 25.7. The number of ether oxygens (including phenoxy) is 1. The number of nitrogens with zero attached hydrogens (tertiary/aromatic N) is 1. The second-order valence-electron chi connectivity index (χ2n) is 8.28. The molecular weight excluding hydrogens is 450 g/mol. The predicted molar refractivity (Wildman–Crippen MR) is 118 cm³/mol. The minimum absolute atomic E-state index is 0.00780. The predicted octanol–water partition coefficient (Wildman–Crippen LogP) is -2.11. The van der Waals surface area contributed by atoms with Gasteiger partial charge in [0.25, 0.3) is 11.8 Å². The highest BCUT2D eigenvalue weighted by atomic mass is 16.6. The lowest BCUT2D eigenvalue weighted by Crippen LogP contribution is -2.44. The first-order chi connectivity index (χ1) is 15.9. The highest BCUT2D eigenvalue weighted by Gasteiger charge is 2.22. The van der Waals surface area contributed by atoms with Crippen LogP contribution in [0.1, 0.15) is 40.0 Å². The van der Waals surface area contributed by atoms with Crippen LogP contribution in [-0.2, 0) is 38.3 Å². The molecule has 0 aromatic heterocycles. The van der Waals surface area contributed by atoms with Crippen LogP contribution in [0.5, 0.6) is 0 Å². The molecule has 4 N–H and O–H groups in total. The fourth-order valence-electron chi connectivity index (χ4n) is 2.56. The highest BCUT2D eigenvalue weighted by Crippen LogP contribution is 2.07. The molecule has 0 bridgehead atoms. The average molecular weight is 482 g/mol. The summed E-state index contributed by atoms with van der Waals surface area (Å²) in [5, 5.41) is 9.42. The SMILES string of the molecule is CC(C)(C)OC(=O)CCNC(=O)CNC(=O)CNC(=O)CNC(=O)CCCN1C(=O)C=CC1=O. The van der Waals surface area contributed by atoms with Crippen LogP contribution in [0.25, 0.3) is 0 Å². The van der Waals surface area contributed by atoms with Gasteiger partial charge in [-0.15, -0.1) is 0 Å². The zero-order valence-corrected chi connectivity index (χ0v) is 19.5. The molecule has 6 amide bonds. The summed E-state index contributed by atoms with van der Waals surface area (Å²) in [5.41, 5.74) is -0.614. The van der Waals surface area contributed by atoms with Gasteiger partial charge in [-0.05, 0) is 27.2 Å². The Labute approximate surface area is 197 Å². The van der Waals surface area contributed by atoms with Crippen molar-refractivity contribution in [1.29, 1.82) is 0 Å². The zero-order valence-electron chi connectivity index (χ0n) is 19.5. The first kappa shape index (κ1) is 28.3. The van der Waals surface area contributed by atoms with Crippen molar-refractivity contribution in [3.63, 3.8) is 0 Å². The van der Waals surface area contributed by atoms with Crippen molar-refractivity contribution in [3.8, 4) is 0 Å². The molecule has 0 saturated carbocycles. The molecule has 1 aliphatic rings. The summed E-state index contributed by atoms with van der Waals surface area (Å²) in [7, 11) is 0. The molecule has 1 heterocycles. The van der Waals surface area contributed by atoms with E-state index < -0.39 is 53.6 Å². The van der Waals surface area contributed by atoms with Crippen LogP contribution in [0.4, 0.5) is 0 Å². The standard InChI is InChI=1S/C21H31N5O8/c1-21(2,3)34-20(33)8-9-22-15(28)11-24-17(30)13-25-16(29)12-23-14(27)5-4-10-26-18(31)6-7-19(26)32/h6-7H,4-5,8-13H2,1-3H3,(H,22,28)(H,23,27)(H,24,30)(H,25,29). The molecular formula is C21H31N5O8. The van der Waals surface area contributed by atoms with Gasteiger partial charge in [0, 0.05) is 31.7 Å². The van der Waals surface area contributed by atoms with Gasteiger partial charge >= 0.3 is 5.97 Å². The fourth-order valence-corrected chi connectivity index (χ4v) is 2.56. The molecule has 1 rings (SSSR count). The van der Waals surface area contributed by atoms with Gasteiger partial charge in [-0.2, -0.15) is 0 Å². The van der Waals surface area contributed by atoms with Crippen molar-refractivity contribution >= 4 is 41.4 Å². The maximum absolute atomic E-state index is 11.7. The van der Waals surface area contributed by atoms with Crippen molar-refractivity contribution in [2.24, 2.45) is 0 Å². The second-order valence-corrected chi connectivity index (χ2v) is 8.28. The second kappa shape index (κ2) is 13.7. The van der Waals surface area contributed by atoms with Gasteiger partial charge in [0.15, 0.2) is 0 Å². The maximum atomic E-state index is 11.7. The molecule has 0 unspecified atom stereocenters. The number of esters is 1. The topological polar surface area (TPSA) is 180 Å². The van der Waals surface area contributed by atoms with Crippen molar-refractivity contribution in [1.82, 2.24) is 26.2 Å². The Hall–Kier alpha value is -3.77. The summed E-state index contributed by atoms with van der Waals surface area (Å²) in [5.74, 6) is -3.50. The van der Waals surface area contributed by atoms with Gasteiger partial charge in [0.1, 0.15) is 5.60 Å². The normalized spacial score (nSPS) is 12.9. The summed E-state index contributed by atoms with van der Waals surface area (Å²) >= 11 is 0. The molecule has 0 fully saturated rings. The number of hydrogen-bond donors (Lipinski definition) is 4. The lowest BCUT2D eigenvalue weighted by atomic mass is 10.2. The molecule has 1 aliphatic heterocycles. The molecule has 0 aliphatic carbocycles. The molecule has 0 radical (unpaired) electrons. The number of carbonyl (C=O) groups is 7. The summed E-state index contributed by atoms with van der Waals surface area (Å²) in [6.07, 6.45) is 2.55. The van der Waals surface area contributed by atoms with Gasteiger partial charge in [0.05, 0.1) is 26.1 Å². The molecule has 0 spiro atoms. The van der Waals surface area contributed by atoms with Crippen LogP contribution < -0.4 is 21.3 Å². The number of nitrogens with one attached hydrogen (secondary N) is 4. The van der Waals surface area contributed by atoms with Crippen LogP contribution >= 0.6 is 0 Å². The number of hydrogen-bond acceptors (Lipinski definition) is 8. The Morgan fingerprint density at radius 1 is 0.765 bits per heavy atom. The molecule has 34 heavy (non-hydrogen) atoms. The summed E-state index contributed by atoms with van der Waals surface area (Å²) in [6, 6.07) is 0. The van der Waals surface area contributed by atoms with E-state index in [0.717, 1.165) is 17.1 Å². The van der Waals surface area contributed by atoms with Crippen LogP contribution in [-0.4, -0.2) is 84.6 Å². The highest BCUT2D eigenvalue weighted by molar-refractivity contribution is 6.12. The number of imide groups is 1. The van der Waals surface area contributed by atoms with E-state index in [4.69, 9.17) is 4.74 Å². The summed E-state index contributed by atoms with van der Waals surface area (Å²) in [4.78, 5) is 82.2. The number of rotatable bonds is 13. The smallest absolute Gasteiger partial charge is 0.308 e. The van der Waals surface area contributed by atoms with E-state index in [0.29, 0.717) is 0 Å². The van der Waals surface area contributed by atoms with Crippen molar-refractivity contribution in [2.45, 2.75) is 45.6 Å². The minimum atomic E-state index is -0.615. The molecule has 188 valence electrons. The van der Waals surface area contributed by atoms with E-state index in [1.165, 1.54) is 0 Å². The Morgan fingerprint density at radius 3 is 1.74 bits per heavy atom. The average Bonchev–Trinajstić information content (AvgIpc) is 3.05. The van der Waals surface area contributed by atoms with Gasteiger partial charge in [-0.3, -0.25) is 38.5 Å². The number of carbonyl (C=O) groups excluding carboxylic acids is 7. The first-order valence-electron chi connectivity index (χ1n) is 10.7. The van der Waals surface area contributed by atoms with E-state index in [2.05, 4.69) is 21.3 Å². The van der Waals surface area contributed by atoms with Crippen LogP contribution in [0.15, 0.2) is 12.2 Å². The van der Waals surface area contributed by atoms with Crippen LogP contribution in [0.3, 0.4) is 0 Å². The molecule has 0 aromatic rings. The lowest BCUT2D eigenvalue weighted by Gasteiger charge is -2.19. The Balaban J connectivity index is 2.09. The van der Waals surface area contributed by atoms with E-state index in [1.54, 1.807) is 20.8 Å². The molecule has 13 nitrogen and oxygen atoms in total. The summed E-state index contributed by atoms with van der Waals surface area (Å²) < 4.78 is 5.10. The quantitative estimate of drug-likeness (QED) is 0.170. The maximum Gasteiger partial charge on any atom is 0.308 e. The van der Waals surface area contributed by atoms with Crippen molar-refractivity contribution in [2.75, 3.05) is 32.7 Å². The van der Waals surface area contributed by atoms with Gasteiger partial charge in [0.2, 0.25) is 23.6 Å². The minimum Gasteiger partial charge on any atom is -0.460 e. The Morgan fingerprint density at radius 2 is 1.24 bits per heavy atom. The van der Waals surface area contributed by atoms with E-state index in [1.807, 2.05) is 0 Å². The molecule has 0 saturated heterocycles. The van der Waals surface area contributed by atoms with Crippen LogP contribution in [0, 0.1) is 0 Å². The van der Waals surface area contributed by atoms with Crippen molar-refractivity contribution in [3.05, 3.63) is 12.2 Å². The monoisotopic (exact) mass is 481 g/mol. The van der Waals surface area contributed by atoms with Gasteiger partial charge < -0.3 is 26.0 Å². The third-order valence-corrected chi connectivity index (χ3v) is 4.10. The lowest BCUT2D eigenvalue weighted by molar-refractivity contribution is -0.154. The third-order valence-electron chi connectivity index (χ3n) is 4.10. The largest absolute Gasteiger partial charge is 0.460 e. The van der Waals surface area contributed by atoms with E-state index in [9.17, 15) is 33.6 Å². The third kappa shape index (κ3) is 12.3. The fraction of sp³-hybridized carbons (Fsp3) is 0.571. The van der Waals surface area contributed by atoms with E-state index in [-0.39, 0.29) is 45.4 Å². The van der Waals surface area contributed by atoms with Gasteiger partial charge in [-0.25, -0.2) is 0 Å². The summed E-state index contributed by atoms with van der Waals surface area (Å²) in [6.45, 7) is 4.25. The van der Waals surface area contributed by atoms with Crippen molar-refractivity contribution < 1.29 is 38.3 Å². The first-order valence-corrected chi connectivity index (χ1v) is 10.7. The number of amides is 6. The molecule has 0 aromatic carbocycles. The Kier molecular flexibility index (Phi) is 11.4. The Bertz CT molecular complexity index is 829. The molecule has 0 atom stereocenters. The van der Waals surface area contributed by atoms with Gasteiger partial charge in [-0.1, -0.05) is 0 Å².